The molecule has 3 heteroatoms. The van der Waals surface area contributed by atoms with Crippen molar-refractivity contribution < 1.29 is 14.3 Å². The SMILES string of the molecule is C=C(COC(C)=O)OC. The molecular formula is C6H10O3. The van der Waals surface area contributed by atoms with Crippen molar-refractivity contribution in [3.05, 3.63) is 12.3 Å². The van der Waals surface area contributed by atoms with E-state index in [4.69, 9.17) is 0 Å². The van der Waals surface area contributed by atoms with E-state index in [0.717, 1.165) is 0 Å². The van der Waals surface area contributed by atoms with Gasteiger partial charge in [-0.15, -0.1) is 0 Å². The molecule has 0 saturated heterocycles. The maximum Gasteiger partial charge on any atom is 0.303 e. The molecule has 3 nitrogen and oxygen atoms in total. The third-order valence-electron chi connectivity index (χ3n) is 0.725. The van der Waals surface area contributed by atoms with E-state index in [-0.39, 0.29) is 12.6 Å². The van der Waals surface area contributed by atoms with Gasteiger partial charge in [0, 0.05) is 6.92 Å². The molecule has 0 aromatic carbocycles. The highest BCUT2D eigenvalue weighted by atomic mass is 16.6. The maximum atomic E-state index is 10.1. The van der Waals surface area contributed by atoms with E-state index in [9.17, 15) is 4.79 Å². The van der Waals surface area contributed by atoms with Crippen molar-refractivity contribution >= 4 is 5.97 Å². The zero-order chi connectivity index (χ0) is 7.28. The van der Waals surface area contributed by atoms with Crippen LogP contribution in [0, 0.1) is 0 Å². The maximum absolute atomic E-state index is 10.1. The van der Waals surface area contributed by atoms with E-state index in [1.807, 2.05) is 0 Å². The lowest BCUT2D eigenvalue weighted by molar-refractivity contribution is -0.140. The molecule has 0 unspecified atom stereocenters. The van der Waals surface area contributed by atoms with E-state index < -0.39 is 0 Å². The predicted octanol–water partition coefficient (Wildman–Crippen LogP) is 0.710. The van der Waals surface area contributed by atoms with Gasteiger partial charge >= 0.3 is 5.97 Å². The molecule has 0 radical (unpaired) electrons. The molecule has 0 heterocycles. The Balaban J connectivity index is 3.28. The van der Waals surface area contributed by atoms with Gasteiger partial charge in [-0.3, -0.25) is 4.79 Å². The lowest BCUT2D eigenvalue weighted by Crippen LogP contribution is -2.03. The average Bonchev–Trinajstić information content (AvgIpc) is 1.83. The Morgan fingerprint density at radius 2 is 2.22 bits per heavy atom. The van der Waals surface area contributed by atoms with Crippen molar-refractivity contribution in [2.24, 2.45) is 0 Å². The number of hydrogen-bond acceptors (Lipinski definition) is 3. The molecule has 0 aliphatic rings. The third kappa shape index (κ3) is 4.87. The van der Waals surface area contributed by atoms with Crippen LogP contribution in [0.15, 0.2) is 12.3 Å². The summed E-state index contributed by atoms with van der Waals surface area (Å²) in [4.78, 5) is 10.1. The average molecular weight is 130 g/mol. The van der Waals surface area contributed by atoms with E-state index >= 15 is 0 Å². The molecule has 0 aromatic heterocycles. The van der Waals surface area contributed by atoms with Gasteiger partial charge in [0.15, 0.2) is 0 Å². The van der Waals surface area contributed by atoms with Crippen molar-refractivity contribution in [3.63, 3.8) is 0 Å². The second kappa shape index (κ2) is 3.95. The second-order valence-corrected chi connectivity index (χ2v) is 1.52. The van der Waals surface area contributed by atoms with E-state index in [1.165, 1.54) is 14.0 Å². The lowest BCUT2D eigenvalue weighted by atomic mass is 10.6. The zero-order valence-corrected chi connectivity index (χ0v) is 5.64. The third-order valence-corrected chi connectivity index (χ3v) is 0.725. The summed E-state index contributed by atoms with van der Waals surface area (Å²) in [5.41, 5.74) is 0. The molecule has 0 rings (SSSR count). The molecule has 0 N–H and O–H groups in total. The van der Waals surface area contributed by atoms with Gasteiger partial charge in [0.2, 0.25) is 0 Å². The van der Waals surface area contributed by atoms with Crippen LogP contribution in [-0.2, 0) is 14.3 Å². The van der Waals surface area contributed by atoms with Gasteiger partial charge in [-0.2, -0.15) is 0 Å². The molecule has 0 aliphatic heterocycles. The van der Waals surface area contributed by atoms with E-state index in [2.05, 4.69) is 16.1 Å². The summed E-state index contributed by atoms with van der Waals surface area (Å²) in [5, 5.41) is 0. The number of hydrogen-bond donors (Lipinski definition) is 0. The fourth-order valence-corrected chi connectivity index (χ4v) is 0.241. The highest BCUT2D eigenvalue weighted by Crippen LogP contribution is 1.90. The fourth-order valence-electron chi connectivity index (χ4n) is 0.241. The Morgan fingerprint density at radius 1 is 1.67 bits per heavy atom. The second-order valence-electron chi connectivity index (χ2n) is 1.52. The van der Waals surface area contributed by atoms with Crippen LogP contribution >= 0.6 is 0 Å². The first-order chi connectivity index (χ1) is 4.16. The molecule has 9 heavy (non-hydrogen) atoms. The van der Waals surface area contributed by atoms with Crippen LogP contribution in [-0.4, -0.2) is 19.7 Å². The van der Waals surface area contributed by atoms with Gasteiger partial charge in [0.1, 0.15) is 12.4 Å². The Labute approximate surface area is 54.3 Å². The normalized spacial score (nSPS) is 8.22. The Bertz CT molecular complexity index is 117. The van der Waals surface area contributed by atoms with Crippen LogP contribution in [0.1, 0.15) is 6.92 Å². The Kier molecular flexibility index (Phi) is 3.51. The zero-order valence-electron chi connectivity index (χ0n) is 5.64. The first-order valence-electron chi connectivity index (χ1n) is 2.52. The predicted molar refractivity (Wildman–Crippen MR) is 32.8 cm³/mol. The molecule has 52 valence electrons. The molecule has 0 spiro atoms. The first kappa shape index (κ1) is 8.01. The van der Waals surface area contributed by atoms with Crippen molar-refractivity contribution in [3.8, 4) is 0 Å². The smallest absolute Gasteiger partial charge is 0.303 e. The van der Waals surface area contributed by atoms with Crippen LogP contribution in [0.4, 0.5) is 0 Å². The molecule has 0 aliphatic carbocycles. The quantitative estimate of drug-likeness (QED) is 0.417. The van der Waals surface area contributed by atoms with Gasteiger partial charge in [0.05, 0.1) is 7.11 Å². The molecule has 0 aromatic rings. The van der Waals surface area contributed by atoms with Gasteiger partial charge in [0.25, 0.3) is 0 Å². The molecule has 0 fully saturated rings. The number of carbonyl (C=O) groups is 1. The highest BCUT2D eigenvalue weighted by molar-refractivity contribution is 5.66. The first-order valence-corrected chi connectivity index (χ1v) is 2.52. The summed E-state index contributed by atoms with van der Waals surface area (Å²) in [6, 6.07) is 0. The molecule has 0 bridgehead atoms. The van der Waals surface area contributed by atoms with Gasteiger partial charge in [-0.1, -0.05) is 6.58 Å². The minimum absolute atomic E-state index is 0.145. The Morgan fingerprint density at radius 3 is 2.56 bits per heavy atom. The summed E-state index contributed by atoms with van der Waals surface area (Å²) in [7, 11) is 1.48. The number of rotatable bonds is 3. The van der Waals surface area contributed by atoms with Crippen LogP contribution in [0.25, 0.3) is 0 Å². The minimum Gasteiger partial charge on any atom is -0.498 e. The van der Waals surface area contributed by atoms with E-state index in [0.29, 0.717) is 5.76 Å². The van der Waals surface area contributed by atoms with Crippen molar-refractivity contribution in [1.82, 2.24) is 0 Å². The topological polar surface area (TPSA) is 35.5 Å². The molecule has 0 atom stereocenters. The summed E-state index contributed by atoms with van der Waals surface area (Å²) >= 11 is 0. The number of esters is 1. The molecular weight excluding hydrogens is 120 g/mol. The monoisotopic (exact) mass is 130 g/mol. The fraction of sp³-hybridized carbons (Fsp3) is 0.500. The number of methoxy groups -OCH3 is 1. The van der Waals surface area contributed by atoms with Crippen molar-refractivity contribution in [2.75, 3.05) is 13.7 Å². The van der Waals surface area contributed by atoms with E-state index in [1.54, 1.807) is 0 Å². The van der Waals surface area contributed by atoms with Crippen LogP contribution < -0.4 is 0 Å². The van der Waals surface area contributed by atoms with Crippen LogP contribution in [0.5, 0.6) is 0 Å². The summed E-state index contributed by atoms with van der Waals surface area (Å²) < 4.78 is 9.16. The minimum atomic E-state index is -0.326. The number of ether oxygens (including phenoxy) is 2. The van der Waals surface area contributed by atoms with Crippen LogP contribution in [0.3, 0.4) is 0 Å². The largest absolute Gasteiger partial charge is 0.498 e. The summed E-state index contributed by atoms with van der Waals surface area (Å²) in [6.07, 6.45) is 0. The summed E-state index contributed by atoms with van der Waals surface area (Å²) in [6.45, 7) is 4.93. The van der Waals surface area contributed by atoms with Crippen LogP contribution in [0.2, 0.25) is 0 Å². The summed E-state index contributed by atoms with van der Waals surface area (Å²) in [5.74, 6) is 0.124. The van der Waals surface area contributed by atoms with Crippen molar-refractivity contribution in [1.29, 1.82) is 0 Å². The van der Waals surface area contributed by atoms with Gasteiger partial charge in [-0.05, 0) is 0 Å². The molecule has 0 saturated carbocycles. The number of carbonyl (C=O) groups excluding carboxylic acids is 1. The van der Waals surface area contributed by atoms with Crippen molar-refractivity contribution in [2.45, 2.75) is 6.92 Å². The molecule has 0 amide bonds. The lowest BCUT2D eigenvalue weighted by Gasteiger charge is -2.02. The highest BCUT2D eigenvalue weighted by Gasteiger charge is 1.93. The standard InChI is InChI=1S/C6H10O3/c1-5(8-3)4-9-6(2)7/h1,4H2,2-3H3. The Hall–Kier alpha value is -0.990. The van der Waals surface area contributed by atoms with Gasteiger partial charge < -0.3 is 9.47 Å². The van der Waals surface area contributed by atoms with Gasteiger partial charge in [-0.25, -0.2) is 0 Å².